The molecule has 4 saturated carbocycles. The van der Waals surface area contributed by atoms with E-state index in [1.54, 1.807) is 0 Å². The molecule has 0 radical (unpaired) electrons. The molecule has 0 amide bonds. The molecule has 1 aromatic heterocycles. The van der Waals surface area contributed by atoms with Gasteiger partial charge < -0.3 is 14.0 Å². The molecule has 4 nitrogen and oxygen atoms in total. The number of hydrogen-bond acceptors (Lipinski definition) is 3. The van der Waals surface area contributed by atoms with Crippen LogP contribution in [0.2, 0.25) is 0 Å². The Hall–Kier alpha value is -1.39. The zero-order chi connectivity index (χ0) is 28.6. The smallest absolute Gasteiger partial charge is 0.147 e. The van der Waals surface area contributed by atoms with Gasteiger partial charge in [0.2, 0.25) is 0 Å². The van der Waals surface area contributed by atoms with Crippen LogP contribution in [-0.2, 0) is 16.0 Å². The van der Waals surface area contributed by atoms with Crippen LogP contribution in [-0.4, -0.2) is 29.1 Å². The van der Waals surface area contributed by atoms with Crippen molar-refractivity contribution in [3.05, 3.63) is 30.6 Å². The van der Waals surface area contributed by atoms with Gasteiger partial charge in [0.25, 0.3) is 0 Å². The minimum Gasteiger partial charge on any atom is -0.354 e. The fraction of sp³-hybridized carbons (Fsp3) is 0.811. The van der Waals surface area contributed by atoms with E-state index in [1.165, 1.54) is 82.6 Å². The van der Waals surface area contributed by atoms with E-state index in [2.05, 4.69) is 62.4 Å². The molecule has 0 spiro atoms. The predicted octanol–water partition coefficient (Wildman–Crippen LogP) is 9.52. The standard InChI is InChI=1S/C37H58N2O2/c1-26(2)9-8-10-27(3)31-15-16-32-30-14-13-28-23-29(17-19-36(28,4)33(30)18-20-37(31,32)5)41-25-40-22-21-39-24-38-34-11-6-7-12-35(34)39/h6-7,11-12,24,26-33H,8-10,13-23,25H2,1-5H3. The number of benzene rings is 1. The van der Waals surface area contributed by atoms with E-state index in [0.717, 1.165) is 53.5 Å². The lowest BCUT2D eigenvalue weighted by Crippen LogP contribution is -2.54. The lowest BCUT2D eigenvalue weighted by molar-refractivity contribution is -0.158. The van der Waals surface area contributed by atoms with Crippen LogP contribution < -0.4 is 0 Å². The molecule has 0 N–H and O–H groups in total. The van der Waals surface area contributed by atoms with Crippen molar-refractivity contribution in [2.24, 2.45) is 52.3 Å². The van der Waals surface area contributed by atoms with Crippen molar-refractivity contribution >= 4 is 11.0 Å². The molecule has 6 rings (SSSR count). The first kappa shape index (κ1) is 29.7. The first-order valence-corrected chi connectivity index (χ1v) is 17.4. The van der Waals surface area contributed by atoms with E-state index >= 15 is 0 Å². The van der Waals surface area contributed by atoms with Crippen molar-refractivity contribution in [3.63, 3.8) is 0 Å². The second-order valence-electron chi connectivity index (χ2n) is 15.7. The topological polar surface area (TPSA) is 36.3 Å². The van der Waals surface area contributed by atoms with Crippen LogP contribution in [0.4, 0.5) is 0 Å². The van der Waals surface area contributed by atoms with E-state index in [9.17, 15) is 0 Å². The van der Waals surface area contributed by atoms with Crippen LogP contribution in [0.3, 0.4) is 0 Å². The number of ether oxygens (including phenoxy) is 2. The van der Waals surface area contributed by atoms with Crippen molar-refractivity contribution in [1.82, 2.24) is 9.55 Å². The van der Waals surface area contributed by atoms with Crippen molar-refractivity contribution in [2.75, 3.05) is 13.4 Å². The van der Waals surface area contributed by atoms with Crippen LogP contribution >= 0.6 is 0 Å². The summed E-state index contributed by atoms with van der Waals surface area (Å²) in [7, 11) is 0. The molecule has 228 valence electrons. The molecule has 1 aromatic carbocycles. The number of para-hydroxylation sites is 2. The van der Waals surface area contributed by atoms with Crippen LogP contribution in [0.25, 0.3) is 11.0 Å². The van der Waals surface area contributed by atoms with Gasteiger partial charge in [-0.25, -0.2) is 4.98 Å². The van der Waals surface area contributed by atoms with E-state index in [4.69, 9.17) is 9.47 Å². The third-order valence-corrected chi connectivity index (χ3v) is 13.2. The second-order valence-corrected chi connectivity index (χ2v) is 15.7. The zero-order valence-electron chi connectivity index (χ0n) is 26.8. The van der Waals surface area contributed by atoms with Gasteiger partial charge in [0.1, 0.15) is 6.79 Å². The van der Waals surface area contributed by atoms with Crippen molar-refractivity contribution < 1.29 is 9.47 Å². The molecule has 0 saturated heterocycles. The van der Waals surface area contributed by atoms with Gasteiger partial charge in [-0.15, -0.1) is 0 Å². The average Bonchev–Trinajstić information content (AvgIpc) is 3.53. The van der Waals surface area contributed by atoms with Crippen LogP contribution in [0.15, 0.2) is 30.6 Å². The van der Waals surface area contributed by atoms with Crippen LogP contribution in [0, 0.1) is 52.3 Å². The van der Waals surface area contributed by atoms with Gasteiger partial charge in [0.15, 0.2) is 0 Å². The molecule has 4 aliphatic carbocycles. The summed E-state index contributed by atoms with van der Waals surface area (Å²) in [6.45, 7) is 14.7. The van der Waals surface area contributed by atoms with Gasteiger partial charge in [0.05, 0.1) is 30.1 Å². The molecule has 9 unspecified atom stereocenters. The van der Waals surface area contributed by atoms with E-state index in [0.29, 0.717) is 30.3 Å². The summed E-state index contributed by atoms with van der Waals surface area (Å²) in [6, 6.07) is 8.30. The average molecular weight is 563 g/mol. The number of fused-ring (bicyclic) bond motifs is 6. The Kier molecular flexibility index (Phi) is 8.91. The molecule has 4 heteroatoms. The van der Waals surface area contributed by atoms with Gasteiger partial charge in [0, 0.05) is 6.54 Å². The predicted molar refractivity (Wildman–Crippen MR) is 168 cm³/mol. The summed E-state index contributed by atoms with van der Waals surface area (Å²) in [6.07, 6.45) is 19.3. The summed E-state index contributed by atoms with van der Waals surface area (Å²) in [5.74, 6) is 6.44. The molecule has 2 aromatic rings. The fourth-order valence-electron chi connectivity index (χ4n) is 10.9. The highest BCUT2D eigenvalue weighted by molar-refractivity contribution is 5.74. The summed E-state index contributed by atoms with van der Waals surface area (Å²) in [4.78, 5) is 4.49. The molecule has 9 atom stereocenters. The summed E-state index contributed by atoms with van der Waals surface area (Å²) in [5, 5.41) is 0. The van der Waals surface area contributed by atoms with E-state index in [-0.39, 0.29) is 0 Å². The maximum Gasteiger partial charge on any atom is 0.147 e. The maximum absolute atomic E-state index is 6.35. The highest BCUT2D eigenvalue weighted by Crippen LogP contribution is 2.68. The van der Waals surface area contributed by atoms with Crippen molar-refractivity contribution in [1.29, 1.82) is 0 Å². The summed E-state index contributed by atoms with van der Waals surface area (Å²) < 4.78 is 14.5. The van der Waals surface area contributed by atoms with Crippen LogP contribution in [0.5, 0.6) is 0 Å². The summed E-state index contributed by atoms with van der Waals surface area (Å²) >= 11 is 0. The van der Waals surface area contributed by atoms with E-state index < -0.39 is 0 Å². The lowest BCUT2D eigenvalue weighted by Gasteiger charge is -2.61. The summed E-state index contributed by atoms with van der Waals surface area (Å²) in [5.41, 5.74) is 3.34. The Bertz CT molecular complexity index is 1140. The number of nitrogens with zero attached hydrogens (tertiary/aromatic N) is 2. The highest BCUT2D eigenvalue weighted by Gasteiger charge is 2.60. The Labute approximate surface area is 250 Å². The van der Waals surface area contributed by atoms with E-state index in [1.807, 2.05) is 12.4 Å². The van der Waals surface area contributed by atoms with Gasteiger partial charge in [-0.2, -0.15) is 0 Å². The van der Waals surface area contributed by atoms with Gasteiger partial charge in [-0.05, 0) is 122 Å². The molecule has 0 aliphatic heterocycles. The first-order chi connectivity index (χ1) is 19.8. The molecule has 4 fully saturated rings. The second kappa shape index (κ2) is 12.3. The minimum atomic E-state index is 0.370. The monoisotopic (exact) mass is 562 g/mol. The highest BCUT2D eigenvalue weighted by atomic mass is 16.7. The van der Waals surface area contributed by atoms with Crippen molar-refractivity contribution in [3.8, 4) is 0 Å². The normalized spacial score (nSPS) is 37.6. The Morgan fingerprint density at radius 2 is 1.73 bits per heavy atom. The van der Waals surface area contributed by atoms with Crippen molar-refractivity contribution in [2.45, 2.75) is 124 Å². The fourth-order valence-corrected chi connectivity index (χ4v) is 10.9. The van der Waals surface area contributed by atoms with Gasteiger partial charge >= 0.3 is 0 Å². The maximum atomic E-state index is 6.35. The zero-order valence-corrected chi connectivity index (χ0v) is 26.8. The SMILES string of the molecule is CC(C)CCCC(C)C1CCC2C3CCC4CC(OCOCCn5cnc6ccccc65)CCC4(C)C3CCC12C. The molecular formula is C37H58N2O2. The molecule has 41 heavy (non-hydrogen) atoms. The first-order valence-electron chi connectivity index (χ1n) is 17.4. The largest absolute Gasteiger partial charge is 0.354 e. The van der Waals surface area contributed by atoms with Gasteiger partial charge in [-0.3, -0.25) is 0 Å². The third kappa shape index (κ3) is 5.78. The number of aromatic nitrogens is 2. The Balaban J connectivity index is 0.984. The molecule has 1 heterocycles. The Morgan fingerprint density at radius 3 is 2.59 bits per heavy atom. The molecule has 0 bridgehead atoms. The van der Waals surface area contributed by atoms with Gasteiger partial charge in [-0.1, -0.05) is 66.0 Å². The third-order valence-electron chi connectivity index (χ3n) is 13.2. The Morgan fingerprint density at radius 1 is 0.927 bits per heavy atom. The quantitative estimate of drug-likeness (QED) is 0.202. The number of imidazole rings is 1. The molecule has 4 aliphatic rings. The molecular weight excluding hydrogens is 504 g/mol. The lowest BCUT2D eigenvalue weighted by atomic mass is 9.44. The van der Waals surface area contributed by atoms with Crippen LogP contribution in [0.1, 0.15) is 112 Å². The number of hydrogen-bond donors (Lipinski definition) is 0. The number of rotatable bonds is 11. The minimum absolute atomic E-state index is 0.370.